The van der Waals surface area contributed by atoms with Crippen LogP contribution in [-0.4, -0.2) is 11.3 Å². The van der Waals surface area contributed by atoms with Gasteiger partial charge in [-0.15, -0.1) is 0 Å². The third-order valence-corrected chi connectivity index (χ3v) is 3.78. The van der Waals surface area contributed by atoms with E-state index in [1.165, 1.54) is 5.56 Å². The maximum Gasteiger partial charge on any atom is 0.124 e. The summed E-state index contributed by atoms with van der Waals surface area (Å²) in [4.78, 5) is 0. The maximum absolute atomic E-state index is 9.59. The Morgan fingerprint density at radius 2 is 2.06 bits per heavy atom. The van der Waals surface area contributed by atoms with E-state index in [2.05, 4.69) is 5.32 Å². The fraction of sp³-hybridized carbons (Fsp3) is 0.231. The number of aliphatic hydroxyl groups is 1. The van der Waals surface area contributed by atoms with Crippen LogP contribution in [0.15, 0.2) is 24.3 Å². The lowest BCUT2D eigenvalue weighted by Crippen LogP contribution is -2.24. The van der Waals surface area contributed by atoms with Crippen LogP contribution in [0.1, 0.15) is 12.0 Å². The third-order valence-electron chi connectivity index (χ3n) is 3.16. The largest absolute Gasteiger partial charge is 0.374 e. The first kappa shape index (κ1) is 11.1. The number of aliphatic hydroxyl groups excluding tert-OH is 1. The summed E-state index contributed by atoms with van der Waals surface area (Å²) >= 11 is 12.4. The quantitative estimate of drug-likeness (QED) is 0.761. The average Bonchev–Trinajstić information content (AvgIpc) is 2.28. The van der Waals surface area contributed by atoms with Crippen molar-refractivity contribution in [3.05, 3.63) is 39.9 Å². The van der Waals surface area contributed by atoms with Gasteiger partial charge in [0.2, 0.25) is 0 Å². The Bertz CT molecular complexity index is 597. The molecule has 17 heavy (non-hydrogen) atoms. The Morgan fingerprint density at radius 1 is 1.24 bits per heavy atom. The molecule has 0 fully saturated rings. The topological polar surface area (TPSA) is 32.3 Å². The zero-order chi connectivity index (χ0) is 12.0. The van der Waals surface area contributed by atoms with Gasteiger partial charge in [-0.05, 0) is 35.9 Å². The van der Waals surface area contributed by atoms with Crippen molar-refractivity contribution in [3.8, 4) is 0 Å². The molecule has 0 saturated carbocycles. The first-order valence-electron chi connectivity index (χ1n) is 5.51. The summed E-state index contributed by atoms with van der Waals surface area (Å²) in [6, 6.07) is 7.62. The van der Waals surface area contributed by atoms with Crippen molar-refractivity contribution in [1.29, 1.82) is 0 Å². The summed E-state index contributed by atoms with van der Waals surface area (Å²) in [5.74, 6) is 0. The molecule has 0 aromatic heterocycles. The van der Waals surface area contributed by atoms with Crippen LogP contribution in [0.4, 0.5) is 5.69 Å². The molecule has 0 radical (unpaired) electrons. The predicted octanol–water partition coefficient (Wildman–Crippen LogP) is 3.82. The van der Waals surface area contributed by atoms with E-state index < -0.39 is 6.23 Å². The van der Waals surface area contributed by atoms with Crippen molar-refractivity contribution >= 4 is 39.7 Å². The van der Waals surface area contributed by atoms with Crippen molar-refractivity contribution in [3.63, 3.8) is 0 Å². The maximum atomic E-state index is 9.59. The predicted molar refractivity (Wildman–Crippen MR) is 71.9 cm³/mol. The molecule has 2 nitrogen and oxygen atoms in total. The smallest absolute Gasteiger partial charge is 0.124 e. The van der Waals surface area contributed by atoms with E-state index in [9.17, 15) is 5.11 Å². The molecule has 4 heteroatoms. The Hall–Kier alpha value is -0.960. The van der Waals surface area contributed by atoms with Crippen molar-refractivity contribution < 1.29 is 5.11 Å². The highest BCUT2D eigenvalue weighted by atomic mass is 35.5. The molecule has 3 rings (SSSR count). The van der Waals surface area contributed by atoms with Crippen LogP contribution in [-0.2, 0) is 6.42 Å². The molecule has 88 valence electrons. The molecular weight excluding hydrogens is 257 g/mol. The average molecular weight is 268 g/mol. The zero-order valence-corrected chi connectivity index (χ0v) is 10.5. The van der Waals surface area contributed by atoms with Crippen molar-refractivity contribution in [2.45, 2.75) is 19.1 Å². The van der Waals surface area contributed by atoms with Crippen LogP contribution in [0.2, 0.25) is 10.0 Å². The first-order valence-corrected chi connectivity index (χ1v) is 6.26. The molecule has 1 atom stereocenters. The Kier molecular flexibility index (Phi) is 2.66. The standard InChI is InChI=1S/C13H11Cl2NO/c14-9-3-1-2-8-7-4-5-12(17)16-11(7)6-10(15)13(8)9/h1-3,6,12,16-17H,4-5H2. The molecule has 1 heterocycles. The van der Waals surface area contributed by atoms with Crippen LogP contribution in [0, 0.1) is 0 Å². The van der Waals surface area contributed by atoms with Gasteiger partial charge in [-0.3, -0.25) is 0 Å². The van der Waals surface area contributed by atoms with Crippen LogP contribution in [0.25, 0.3) is 10.8 Å². The van der Waals surface area contributed by atoms with Crippen LogP contribution < -0.4 is 5.32 Å². The Labute approximate surface area is 109 Å². The first-order chi connectivity index (χ1) is 8.16. The summed E-state index contributed by atoms with van der Waals surface area (Å²) in [6.45, 7) is 0. The molecule has 0 aliphatic carbocycles. The highest BCUT2D eigenvalue weighted by Crippen LogP contribution is 2.39. The van der Waals surface area contributed by atoms with E-state index in [1.807, 2.05) is 24.3 Å². The van der Waals surface area contributed by atoms with Gasteiger partial charge in [0.05, 0.1) is 5.02 Å². The number of benzene rings is 2. The number of rotatable bonds is 0. The third kappa shape index (κ3) is 1.77. The fourth-order valence-corrected chi connectivity index (χ4v) is 3.02. The van der Waals surface area contributed by atoms with Crippen molar-refractivity contribution in [2.24, 2.45) is 0 Å². The molecule has 2 N–H and O–H groups in total. The second-order valence-electron chi connectivity index (χ2n) is 4.25. The highest BCUT2D eigenvalue weighted by molar-refractivity contribution is 6.42. The van der Waals surface area contributed by atoms with E-state index in [0.29, 0.717) is 16.5 Å². The molecule has 0 bridgehead atoms. The SMILES string of the molecule is OC1CCc2c(cc(Cl)c3c(Cl)cccc23)N1. The van der Waals surface area contributed by atoms with Gasteiger partial charge in [0, 0.05) is 16.1 Å². The van der Waals surface area contributed by atoms with E-state index in [4.69, 9.17) is 23.2 Å². The minimum absolute atomic E-state index is 0.491. The lowest BCUT2D eigenvalue weighted by atomic mass is 9.95. The monoisotopic (exact) mass is 267 g/mol. The van der Waals surface area contributed by atoms with E-state index in [0.717, 1.165) is 22.9 Å². The number of halogens is 2. The van der Waals surface area contributed by atoms with Gasteiger partial charge >= 0.3 is 0 Å². The molecule has 1 aliphatic heterocycles. The molecule has 0 saturated heterocycles. The highest BCUT2D eigenvalue weighted by Gasteiger charge is 2.19. The van der Waals surface area contributed by atoms with Gasteiger partial charge in [0.15, 0.2) is 0 Å². The molecule has 0 spiro atoms. The van der Waals surface area contributed by atoms with Gasteiger partial charge in [-0.2, -0.15) is 0 Å². The van der Waals surface area contributed by atoms with Crippen LogP contribution in [0.3, 0.4) is 0 Å². The minimum Gasteiger partial charge on any atom is -0.374 e. The van der Waals surface area contributed by atoms with Crippen LogP contribution >= 0.6 is 23.2 Å². The number of hydrogen-bond donors (Lipinski definition) is 2. The second kappa shape index (κ2) is 4.05. The number of nitrogens with one attached hydrogen (secondary N) is 1. The fourth-order valence-electron chi connectivity index (χ4n) is 2.38. The van der Waals surface area contributed by atoms with Gasteiger partial charge in [0.25, 0.3) is 0 Å². The summed E-state index contributed by atoms with van der Waals surface area (Å²) in [7, 11) is 0. The van der Waals surface area contributed by atoms with Crippen molar-refractivity contribution in [1.82, 2.24) is 0 Å². The lowest BCUT2D eigenvalue weighted by molar-refractivity contribution is 0.189. The summed E-state index contributed by atoms with van der Waals surface area (Å²) in [6.07, 6.45) is 1.04. The molecule has 2 aromatic carbocycles. The number of hydrogen-bond acceptors (Lipinski definition) is 2. The Morgan fingerprint density at radius 3 is 2.88 bits per heavy atom. The molecule has 1 aliphatic rings. The molecule has 2 aromatic rings. The van der Waals surface area contributed by atoms with Gasteiger partial charge in [0.1, 0.15) is 6.23 Å². The second-order valence-corrected chi connectivity index (χ2v) is 5.06. The normalized spacial score (nSPS) is 18.9. The minimum atomic E-state index is -0.491. The Balaban J connectivity index is 2.35. The molecule has 1 unspecified atom stereocenters. The van der Waals surface area contributed by atoms with Gasteiger partial charge in [-0.1, -0.05) is 35.3 Å². The zero-order valence-electron chi connectivity index (χ0n) is 9.00. The van der Waals surface area contributed by atoms with E-state index >= 15 is 0 Å². The summed E-state index contributed by atoms with van der Waals surface area (Å²) in [5.41, 5.74) is 2.08. The van der Waals surface area contributed by atoms with E-state index in [1.54, 1.807) is 0 Å². The molecule has 0 amide bonds. The number of aryl methyl sites for hydroxylation is 1. The van der Waals surface area contributed by atoms with Crippen molar-refractivity contribution in [2.75, 3.05) is 5.32 Å². The molecular formula is C13H11Cl2NO. The van der Waals surface area contributed by atoms with Gasteiger partial charge < -0.3 is 10.4 Å². The van der Waals surface area contributed by atoms with Gasteiger partial charge in [-0.25, -0.2) is 0 Å². The van der Waals surface area contributed by atoms with Crippen LogP contribution in [0.5, 0.6) is 0 Å². The number of fused-ring (bicyclic) bond motifs is 3. The summed E-state index contributed by atoms with van der Waals surface area (Å²) < 4.78 is 0. The lowest BCUT2D eigenvalue weighted by Gasteiger charge is -2.25. The summed E-state index contributed by atoms with van der Waals surface area (Å²) in [5, 5.41) is 15.9. The number of anilines is 1. The van der Waals surface area contributed by atoms with E-state index in [-0.39, 0.29) is 0 Å².